The highest BCUT2D eigenvalue weighted by Gasteiger charge is 2.34. The number of hydrogen-bond acceptors (Lipinski definition) is 6. The van der Waals surface area contributed by atoms with Gasteiger partial charge in [0.25, 0.3) is 5.69 Å². The van der Waals surface area contributed by atoms with Crippen molar-refractivity contribution in [1.82, 2.24) is 5.32 Å². The lowest BCUT2D eigenvalue weighted by Gasteiger charge is -2.27. The number of benzene rings is 1. The van der Waals surface area contributed by atoms with E-state index in [-0.39, 0.29) is 12.3 Å². The summed E-state index contributed by atoms with van der Waals surface area (Å²) in [5.41, 5.74) is -0.981. The van der Waals surface area contributed by atoms with E-state index in [1.165, 1.54) is 31.4 Å². The molecule has 1 unspecified atom stereocenters. The Labute approximate surface area is 117 Å². The van der Waals surface area contributed by atoms with Crippen molar-refractivity contribution in [3.63, 3.8) is 0 Å². The summed E-state index contributed by atoms with van der Waals surface area (Å²) in [6.45, 7) is 4.18. The molecule has 7 nitrogen and oxygen atoms in total. The summed E-state index contributed by atoms with van der Waals surface area (Å²) in [6, 6.07) is 5.67. The lowest BCUT2D eigenvalue weighted by molar-refractivity contribution is -0.384. The Morgan fingerprint density at radius 3 is 2.45 bits per heavy atom. The molecule has 0 aliphatic carbocycles. The summed E-state index contributed by atoms with van der Waals surface area (Å²) in [5.74, 6) is 0.0184. The molecular weight excluding hydrogens is 264 g/mol. The van der Waals surface area contributed by atoms with Crippen molar-refractivity contribution in [2.45, 2.75) is 19.4 Å². The minimum absolute atomic E-state index is 0.0141. The highest BCUT2D eigenvalue weighted by molar-refractivity contribution is 5.80. The van der Waals surface area contributed by atoms with Gasteiger partial charge in [-0.2, -0.15) is 0 Å². The van der Waals surface area contributed by atoms with Gasteiger partial charge in [-0.15, -0.1) is 0 Å². The second kappa shape index (κ2) is 6.85. The van der Waals surface area contributed by atoms with E-state index in [0.717, 1.165) is 0 Å². The Kier molecular flexibility index (Phi) is 5.45. The van der Waals surface area contributed by atoms with Crippen LogP contribution in [0, 0.1) is 10.1 Å². The summed E-state index contributed by atoms with van der Waals surface area (Å²) in [7, 11) is 1.31. The smallest absolute Gasteiger partial charge is 0.329 e. The molecule has 0 aromatic heterocycles. The van der Waals surface area contributed by atoms with Gasteiger partial charge in [0.15, 0.2) is 0 Å². The van der Waals surface area contributed by atoms with Crippen LogP contribution in [-0.4, -0.2) is 36.7 Å². The predicted octanol–water partition coefficient (Wildman–Crippen LogP) is 1.51. The van der Waals surface area contributed by atoms with Crippen LogP contribution in [0.5, 0.6) is 5.75 Å². The van der Waals surface area contributed by atoms with Crippen molar-refractivity contribution < 1.29 is 19.2 Å². The van der Waals surface area contributed by atoms with E-state index >= 15 is 0 Å². The number of ether oxygens (including phenoxy) is 2. The molecule has 20 heavy (non-hydrogen) atoms. The van der Waals surface area contributed by atoms with Crippen molar-refractivity contribution in [2.24, 2.45) is 0 Å². The Morgan fingerprint density at radius 2 is 2.00 bits per heavy atom. The van der Waals surface area contributed by atoms with Crippen LogP contribution in [0.2, 0.25) is 0 Å². The normalized spacial score (nSPS) is 13.3. The Bertz CT molecular complexity index is 474. The first kappa shape index (κ1) is 15.9. The van der Waals surface area contributed by atoms with Crippen LogP contribution >= 0.6 is 0 Å². The number of methoxy groups -OCH3 is 1. The van der Waals surface area contributed by atoms with Crippen molar-refractivity contribution in [1.29, 1.82) is 0 Å². The van der Waals surface area contributed by atoms with E-state index in [4.69, 9.17) is 9.47 Å². The first-order valence-electron chi connectivity index (χ1n) is 6.13. The molecule has 1 aromatic rings. The van der Waals surface area contributed by atoms with Gasteiger partial charge >= 0.3 is 5.97 Å². The van der Waals surface area contributed by atoms with E-state index in [1.807, 2.05) is 6.92 Å². The fraction of sp³-hybridized carbons (Fsp3) is 0.462. The zero-order valence-corrected chi connectivity index (χ0v) is 11.7. The Balaban J connectivity index is 2.72. The van der Waals surface area contributed by atoms with Crippen LogP contribution in [0.1, 0.15) is 13.8 Å². The Morgan fingerprint density at radius 1 is 1.40 bits per heavy atom. The van der Waals surface area contributed by atoms with Gasteiger partial charge in [-0.3, -0.25) is 15.4 Å². The Hall–Kier alpha value is -2.15. The fourth-order valence-corrected chi connectivity index (χ4v) is 1.69. The predicted molar refractivity (Wildman–Crippen MR) is 72.7 cm³/mol. The number of likely N-dealkylation sites (N-methyl/N-ethyl adjacent to an activating group) is 1. The molecule has 1 aromatic carbocycles. The number of carbonyl (C=O) groups is 1. The van der Waals surface area contributed by atoms with Crippen molar-refractivity contribution >= 4 is 11.7 Å². The van der Waals surface area contributed by atoms with Crippen LogP contribution < -0.4 is 10.1 Å². The number of nitrogens with zero attached hydrogens (tertiary/aromatic N) is 1. The molecule has 1 atom stereocenters. The molecule has 0 aliphatic heterocycles. The van der Waals surface area contributed by atoms with Gasteiger partial charge in [-0.05, 0) is 25.6 Å². The van der Waals surface area contributed by atoms with Gasteiger partial charge < -0.3 is 9.47 Å². The maximum atomic E-state index is 11.7. The van der Waals surface area contributed by atoms with Crippen molar-refractivity contribution in [3.8, 4) is 5.75 Å². The number of nitro groups is 1. The van der Waals surface area contributed by atoms with E-state index < -0.39 is 16.4 Å². The summed E-state index contributed by atoms with van der Waals surface area (Å²) >= 11 is 0. The average Bonchev–Trinajstić information content (AvgIpc) is 2.45. The average molecular weight is 282 g/mol. The van der Waals surface area contributed by atoms with E-state index in [1.54, 1.807) is 6.92 Å². The fourth-order valence-electron chi connectivity index (χ4n) is 1.69. The molecule has 0 bridgehead atoms. The van der Waals surface area contributed by atoms with Crippen LogP contribution in [-0.2, 0) is 9.53 Å². The minimum Gasteiger partial charge on any atom is -0.491 e. The van der Waals surface area contributed by atoms with Crippen LogP contribution in [0.4, 0.5) is 5.69 Å². The molecule has 0 saturated heterocycles. The van der Waals surface area contributed by atoms with Gasteiger partial charge in [0, 0.05) is 12.1 Å². The van der Waals surface area contributed by atoms with E-state index in [2.05, 4.69) is 5.32 Å². The molecule has 0 saturated carbocycles. The lowest BCUT2D eigenvalue weighted by atomic mass is 10.0. The number of hydrogen-bond donors (Lipinski definition) is 1. The van der Waals surface area contributed by atoms with Crippen LogP contribution in [0.25, 0.3) is 0 Å². The third-order valence-electron chi connectivity index (χ3n) is 2.78. The second-order valence-electron chi connectivity index (χ2n) is 4.39. The van der Waals surface area contributed by atoms with Gasteiger partial charge in [0.1, 0.15) is 17.9 Å². The number of carbonyl (C=O) groups excluding carboxylic acids is 1. The quantitative estimate of drug-likeness (QED) is 0.463. The molecule has 0 amide bonds. The topological polar surface area (TPSA) is 90.7 Å². The van der Waals surface area contributed by atoms with Crippen LogP contribution in [0.15, 0.2) is 24.3 Å². The number of nitro benzene ring substituents is 1. The third kappa shape index (κ3) is 3.92. The van der Waals surface area contributed by atoms with Gasteiger partial charge in [-0.25, -0.2) is 4.79 Å². The summed E-state index contributed by atoms with van der Waals surface area (Å²) in [4.78, 5) is 21.8. The molecule has 0 heterocycles. The molecule has 110 valence electrons. The van der Waals surface area contributed by atoms with Gasteiger partial charge in [0.05, 0.1) is 12.0 Å². The zero-order valence-electron chi connectivity index (χ0n) is 11.7. The lowest BCUT2D eigenvalue weighted by Crippen LogP contribution is -2.54. The maximum Gasteiger partial charge on any atom is 0.329 e. The number of esters is 1. The molecule has 7 heteroatoms. The van der Waals surface area contributed by atoms with Gasteiger partial charge in [0.2, 0.25) is 0 Å². The number of rotatable bonds is 7. The van der Waals surface area contributed by atoms with Gasteiger partial charge in [-0.1, -0.05) is 6.92 Å². The third-order valence-corrected chi connectivity index (χ3v) is 2.78. The highest BCUT2D eigenvalue weighted by atomic mass is 16.6. The van der Waals surface area contributed by atoms with Crippen molar-refractivity contribution in [3.05, 3.63) is 34.4 Å². The second-order valence-corrected chi connectivity index (χ2v) is 4.39. The highest BCUT2D eigenvalue weighted by Crippen LogP contribution is 2.19. The van der Waals surface area contributed by atoms with Crippen molar-refractivity contribution in [2.75, 3.05) is 20.3 Å². The molecule has 0 radical (unpaired) electrons. The molecule has 0 fully saturated rings. The first-order valence-corrected chi connectivity index (χ1v) is 6.13. The molecule has 0 spiro atoms. The summed E-state index contributed by atoms with van der Waals surface area (Å²) in [5, 5.41) is 13.5. The largest absolute Gasteiger partial charge is 0.491 e. The standard InChI is InChI=1S/C13H18N2O5/c1-4-14-13(2,12(16)19-3)9-20-11-7-5-10(6-8-11)15(17)18/h5-8,14H,4,9H2,1-3H3. The monoisotopic (exact) mass is 282 g/mol. The molecule has 1 N–H and O–H groups in total. The number of non-ortho nitro benzene ring substituents is 1. The van der Waals surface area contributed by atoms with Crippen LogP contribution in [0.3, 0.4) is 0 Å². The first-order chi connectivity index (χ1) is 9.42. The maximum absolute atomic E-state index is 11.7. The minimum atomic E-state index is -0.967. The van der Waals surface area contributed by atoms with E-state index in [0.29, 0.717) is 12.3 Å². The number of nitrogens with one attached hydrogen (secondary N) is 1. The van der Waals surface area contributed by atoms with E-state index in [9.17, 15) is 14.9 Å². The molecule has 1 rings (SSSR count). The molecular formula is C13H18N2O5. The summed E-state index contributed by atoms with van der Waals surface area (Å²) < 4.78 is 10.2. The molecule has 0 aliphatic rings. The SMILES string of the molecule is CCNC(C)(COc1ccc([N+](=O)[O-])cc1)C(=O)OC. The zero-order chi connectivity index (χ0) is 15.2. The summed E-state index contributed by atoms with van der Waals surface area (Å²) in [6.07, 6.45) is 0.